The summed E-state index contributed by atoms with van der Waals surface area (Å²) in [7, 11) is 4.13. The van der Waals surface area contributed by atoms with Crippen LogP contribution < -0.4 is 5.73 Å². The van der Waals surface area contributed by atoms with Crippen LogP contribution in [0.2, 0.25) is 0 Å². The second-order valence-corrected chi connectivity index (χ2v) is 7.39. The fourth-order valence-corrected chi connectivity index (χ4v) is 3.64. The molecule has 1 fully saturated rings. The summed E-state index contributed by atoms with van der Waals surface area (Å²) in [4.78, 5) is 6.77. The SMILES string of the molecule is CN(C)Cc1ccc(-c2noc(CC3(CN)CCCCC3)n2)cc1. The van der Waals surface area contributed by atoms with E-state index in [9.17, 15) is 0 Å². The number of nitrogens with two attached hydrogens (primary N) is 1. The minimum absolute atomic E-state index is 0.150. The molecule has 24 heavy (non-hydrogen) atoms. The first-order chi connectivity index (χ1) is 11.6. The molecule has 1 aromatic carbocycles. The van der Waals surface area contributed by atoms with Crippen LogP contribution in [0, 0.1) is 5.41 Å². The van der Waals surface area contributed by atoms with Gasteiger partial charge in [0.05, 0.1) is 0 Å². The van der Waals surface area contributed by atoms with Gasteiger partial charge in [-0.2, -0.15) is 4.98 Å². The van der Waals surface area contributed by atoms with Crippen molar-refractivity contribution in [2.24, 2.45) is 11.1 Å². The fourth-order valence-electron chi connectivity index (χ4n) is 3.64. The molecule has 0 saturated heterocycles. The van der Waals surface area contributed by atoms with Crippen LogP contribution in [0.25, 0.3) is 11.4 Å². The van der Waals surface area contributed by atoms with Crippen LogP contribution in [0.5, 0.6) is 0 Å². The lowest BCUT2D eigenvalue weighted by Crippen LogP contribution is -2.35. The molecule has 3 rings (SSSR count). The van der Waals surface area contributed by atoms with Gasteiger partial charge in [0.1, 0.15) is 0 Å². The maximum Gasteiger partial charge on any atom is 0.227 e. The molecular formula is C19H28N4O. The van der Waals surface area contributed by atoms with Gasteiger partial charge in [0.15, 0.2) is 0 Å². The molecule has 5 nitrogen and oxygen atoms in total. The monoisotopic (exact) mass is 328 g/mol. The van der Waals surface area contributed by atoms with Crippen molar-refractivity contribution in [3.8, 4) is 11.4 Å². The highest BCUT2D eigenvalue weighted by molar-refractivity contribution is 5.54. The van der Waals surface area contributed by atoms with E-state index in [1.165, 1.54) is 37.7 Å². The molecule has 1 saturated carbocycles. The first-order valence-corrected chi connectivity index (χ1v) is 8.87. The van der Waals surface area contributed by atoms with Gasteiger partial charge in [0.25, 0.3) is 0 Å². The standard InChI is InChI=1S/C19H28N4O/c1-23(2)13-15-6-8-16(9-7-15)18-21-17(24-22-18)12-19(14-20)10-4-3-5-11-19/h6-9H,3-5,10-14,20H2,1-2H3. The predicted octanol–water partition coefficient (Wildman–Crippen LogP) is 3.25. The number of nitrogens with zero attached hydrogens (tertiary/aromatic N) is 3. The average Bonchev–Trinajstić information content (AvgIpc) is 3.04. The van der Waals surface area contributed by atoms with E-state index in [1.807, 2.05) is 0 Å². The summed E-state index contributed by atoms with van der Waals surface area (Å²) >= 11 is 0. The third-order valence-corrected chi connectivity index (χ3v) is 5.05. The number of benzene rings is 1. The Kier molecular flexibility index (Phi) is 5.31. The largest absolute Gasteiger partial charge is 0.339 e. The third kappa shape index (κ3) is 4.02. The molecule has 1 heterocycles. The number of rotatable bonds is 6. The van der Waals surface area contributed by atoms with E-state index < -0.39 is 0 Å². The average molecular weight is 328 g/mol. The summed E-state index contributed by atoms with van der Waals surface area (Å²) in [6.45, 7) is 1.63. The fraction of sp³-hybridized carbons (Fsp3) is 0.579. The van der Waals surface area contributed by atoms with Crippen LogP contribution in [0.3, 0.4) is 0 Å². The van der Waals surface area contributed by atoms with Crippen molar-refractivity contribution in [2.45, 2.75) is 45.1 Å². The topological polar surface area (TPSA) is 68.2 Å². The number of hydrogen-bond acceptors (Lipinski definition) is 5. The maximum atomic E-state index is 6.07. The Morgan fingerprint density at radius 2 is 1.83 bits per heavy atom. The van der Waals surface area contributed by atoms with Gasteiger partial charge in [-0.1, -0.05) is 48.7 Å². The molecule has 0 bridgehead atoms. The van der Waals surface area contributed by atoms with E-state index in [4.69, 9.17) is 10.3 Å². The Bertz CT molecular complexity index is 642. The molecule has 0 radical (unpaired) electrons. The molecule has 1 aliphatic rings. The van der Waals surface area contributed by atoms with Crippen molar-refractivity contribution in [1.29, 1.82) is 0 Å². The zero-order valence-electron chi connectivity index (χ0n) is 14.8. The van der Waals surface area contributed by atoms with Gasteiger partial charge in [0.2, 0.25) is 11.7 Å². The van der Waals surface area contributed by atoms with Crippen LogP contribution in [-0.4, -0.2) is 35.7 Å². The molecule has 0 aliphatic heterocycles. The minimum Gasteiger partial charge on any atom is -0.339 e. The molecular weight excluding hydrogens is 300 g/mol. The van der Waals surface area contributed by atoms with Crippen molar-refractivity contribution >= 4 is 0 Å². The van der Waals surface area contributed by atoms with E-state index in [0.29, 0.717) is 12.4 Å². The maximum absolute atomic E-state index is 6.07. The van der Waals surface area contributed by atoms with Crippen LogP contribution >= 0.6 is 0 Å². The van der Waals surface area contributed by atoms with Gasteiger partial charge < -0.3 is 15.2 Å². The van der Waals surface area contributed by atoms with Crippen molar-refractivity contribution in [3.63, 3.8) is 0 Å². The third-order valence-electron chi connectivity index (χ3n) is 5.05. The van der Waals surface area contributed by atoms with Crippen molar-refractivity contribution in [2.75, 3.05) is 20.6 Å². The molecule has 0 atom stereocenters. The summed E-state index contributed by atoms with van der Waals surface area (Å²) in [5.74, 6) is 1.39. The Morgan fingerprint density at radius 1 is 1.12 bits per heavy atom. The smallest absolute Gasteiger partial charge is 0.227 e. The molecule has 1 aliphatic carbocycles. The van der Waals surface area contributed by atoms with Gasteiger partial charge in [-0.15, -0.1) is 0 Å². The lowest BCUT2D eigenvalue weighted by Gasteiger charge is -2.34. The molecule has 2 N–H and O–H groups in total. The Morgan fingerprint density at radius 3 is 2.46 bits per heavy atom. The zero-order valence-corrected chi connectivity index (χ0v) is 14.8. The van der Waals surface area contributed by atoms with Crippen molar-refractivity contribution in [1.82, 2.24) is 15.0 Å². The second-order valence-electron chi connectivity index (χ2n) is 7.39. The summed E-state index contributed by atoms with van der Waals surface area (Å²) in [5, 5.41) is 4.17. The zero-order chi connectivity index (χ0) is 17.0. The predicted molar refractivity (Wildman–Crippen MR) is 95.4 cm³/mol. The van der Waals surface area contributed by atoms with E-state index >= 15 is 0 Å². The van der Waals surface area contributed by atoms with E-state index in [2.05, 4.69) is 53.4 Å². The van der Waals surface area contributed by atoms with Crippen molar-refractivity contribution in [3.05, 3.63) is 35.7 Å². The van der Waals surface area contributed by atoms with E-state index in [1.54, 1.807) is 0 Å². The van der Waals surface area contributed by atoms with Crippen LogP contribution in [0.15, 0.2) is 28.8 Å². The Labute approximate surface area is 144 Å². The van der Waals surface area contributed by atoms with Crippen LogP contribution in [0.1, 0.15) is 43.6 Å². The lowest BCUT2D eigenvalue weighted by molar-refractivity contribution is 0.177. The lowest BCUT2D eigenvalue weighted by atomic mass is 9.72. The van der Waals surface area contributed by atoms with Gasteiger partial charge in [0, 0.05) is 18.5 Å². The van der Waals surface area contributed by atoms with Gasteiger partial charge in [-0.25, -0.2) is 0 Å². The molecule has 0 spiro atoms. The minimum atomic E-state index is 0.150. The van der Waals surface area contributed by atoms with E-state index in [-0.39, 0.29) is 5.41 Å². The number of aromatic nitrogens is 2. The highest BCUT2D eigenvalue weighted by Crippen LogP contribution is 2.38. The molecule has 0 amide bonds. The molecule has 2 aromatic rings. The number of hydrogen-bond donors (Lipinski definition) is 1. The Hall–Kier alpha value is -1.72. The second kappa shape index (κ2) is 7.45. The van der Waals surface area contributed by atoms with E-state index in [0.717, 1.165) is 24.4 Å². The summed E-state index contributed by atoms with van der Waals surface area (Å²) in [5.41, 5.74) is 8.49. The highest BCUT2D eigenvalue weighted by Gasteiger charge is 2.33. The molecule has 5 heteroatoms. The van der Waals surface area contributed by atoms with Gasteiger partial charge in [-0.3, -0.25) is 0 Å². The Balaban J connectivity index is 1.70. The van der Waals surface area contributed by atoms with Crippen LogP contribution in [0.4, 0.5) is 0 Å². The summed E-state index contributed by atoms with van der Waals surface area (Å²) in [6.07, 6.45) is 6.96. The summed E-state index contributed by atoms with van der Waals surface area (Å²) in [6, 6.07) is 8.36. The highest BCUT2D eigenvalue weighted by atomic mass is 16.5. The van der Waals surface area contributed by atoms with Crippen molar-refractivity contribution < 1.29 is 4.52 Å². The van der Waals surface area contributed by atoms with Gasteiger partial charge in [-0.05, 0) is 44.5 Å². The van der Waals surface area contributed by atoms with Gasteiger partial charge >= 0.3 is 0 Å². The first-order valence-electron chi connectivity index (χ1n) is 8.87. The van der Waals surface area contributed by atoms with Crippen LogP contribution in [-0.2, 0) is 13.0 Å². The molecule has 130 valence electrons. The molecule has 0 unspecified atom stereocenters. The normalized spacial score (nSPS) is 17.3. The first kappa shape index (κ1) is 17.1. The summed E-state index contributed by atoms with van der Waals surface area (Å²) < 4.78 is 5.52. The quantitative estimate of drug-likeness (QED) is 0.881. The molecule has 1 aromatic heterocycles.